The second-order valence-electron chi connectivity index (χ2n) is 29.4. The Bertz CT molecular complexity index is 1910. The maximum Gasteiger partial charge on any atom is 0.472 e. The lowest BCUT2D eigenvalue weighted by atomic mass is 9.99. The van der Waals surface area contributed by atoms with Crippen LogP contribution < -0.4 is 0 Å². The standard InChI is InChI=1S/C79H154O17P2/c1-8-11-12-13-14-15-16-17-18-19-22-25-31-39-46-53-60-76(81)89-66-74(95-78(83)62-55-48-41-32-26-23-20-21-24-29-36-43-50-57-70(4)5)68-93-97(85,86)91-64-73(80)65-92-98(87,88)94-69-75(67-90-77(82)61-54-47-40-35-34-38-45-52-59-72(7)10-3)96-79(84)63-56-49-42-33-28-27-30-37-44-51-58-71(6)9-2/h70-75,80H,8-69H2,1-7H3,(H,85,86)(H,87,88)/t71?,72?,73-,74-,75-/m1/s1. The van der Waals surface area contributed by atoms with E-state index >= 15 is 0 Å². The molecule has 0 saturated heterocycles. The summed E-state index contributed by atoms with van der Waals surface area (Å²) in [4.78, 5) is 73.0. The number of esters is 4. The summed E-state index contributed by atoms with van der Waals surface area (Å²) in [6.07, 6.45) is 56.6. The Morgan fingerprint density at radius 1 is 0.296 bits per heavy atom. The molecule has 0 aromatic rings. The molecule has 4 unspecified atom stereocenters. The van der Waals surface area contributed by atoms with Crippen LogP contribution in [0, 0.1) is 17.8 Å². The van der Waals surface area contributed by atoms with Crippen molar-refractivity contribution in [3.05, 3.63) is 0 Å². The Kier molecular flexibility index (Phi) is 68.1. The Balaban J connectivity index is 5.28. The fourth-order valence-electron chi connectivity index (χ4n) is 12.1. The zero-order chi connectivity index (χ0) is 72.3. The number of ether oxygens (including phenoxy) is 4. The molecular formula is C79H154O17P2. The van der Waals surface area contributed by atoms with Crippen LogP contribution in [0.5, 0.6) is 0 Å². The van der Waals surface area contributed by atoms with Gasteiger partial charge in [0.25, 0.3) is 0 Å². The molecule has 98 heavy (non-hydrogen) atoms. The third-order valence-electron chi connectivity index (χ3n) is 19.1. The van der Waals surface area contributed by atoms with Crippen molar-refractivity contribution < 1.29 is 80.2 Å². The van der Waals surface area contributed by atoms with Crippen molar-refractivity contribution in [2.24, 2.45) is 17.8 Å². The van der Waals surface area contributed by atoms with Crippen molar-refractivity contribution in [1.82, 2.24) is 0 Å². The molecule has 0 aromatic carbocycles. The number of aliphatic hydroxyl groups excluding tert-OH is 1. The summed E-state index contributed by atoms with van der Waals surface area (Å²) in [5.41, 5.74) is 0. The first kappa shape index (κ1) is 96.1. The highest BCUT2D eigenvalue weighted by atomic mass is 31.2. The third kappa shape index (κ3) is 69.8. The molecule has 0 aliphatic rings. The Morgan fingerprint density at radius 2 is 0.520 bits per heavy atom. The number of unbranched alkanes of at least 4 members (excludes halogenated alkanes) is 43. The quantitative estimate of drug-likeness (QED) is 0.0222. The normalized spacial score (nSPS) is 14.6. The summed E-state index contributed by atoms with van der Waals surface area (Å²) in [6.45, 7) is 12.0. The molecule has 17 nitrogen and oxygen atoms in total. The highest BCUT2D eigenvalue weighted by Gasteiger charge is 2.30. The maximum atomic E-state index is 13.1. The third-order valence-corrected chi connectivity index (χ3v) is 21.0. The van der Waals surface area contributed by atoms with Crippen LogP contribution in [-0.4, -0.2) is 96.7 Å². The van der Waals surface area contributed by atoms with Gasteiger partial charge in [-0.05, 0) is 43.4 Å². The summed E-state index contributed by atoms with van der Waals surface area (Å²) in [6, 6.07) is 0. The van der Waals surface area contributed by atoms with E-state index < -0.39 is 97.5 Å². The minimum absolute atomic E-state index is 0.106. The second-order valence-corrected chi connectivity index (χ2v) is 32.3. The van der Waals surface area contributed by atoms with Crippen LogP contribution in [0.1, 0.15) is 408 Å². The molecular weight excluding hydrogens is 1280 g/mol. The van der Waals surface area contributed by atoms with E-state index in [0.717, 1.165) is 108 Å². The highest BCUT2D eigenvalue weighted by molar-refractivity contribution is 7.47. The summed E-state index contributed by atoms with van der Waals surface area (Å²) in [7, 11) is -9.92. The zero-order valence-electron chi connectivity index (χ0n) is 64.3. The van der Waals surface area contributed by atoms with Crippen LogP contribution in [-0.2, 0) is 65.4 Å². The molecule has 3 N–H and O–H groups in total. The van der Waals surface area contributed by atoms with Crippen molar-refractivity contribution in [1.29, 1.82) is 0 Å². The van der Waals surface area contributed by atoms with E-state index in [4.69, 9.17) is 37.0 Å². The van der Waals surface area contributed by atoms with E-state index in [-0.39, 0.29) is 25.7 Å². The van der Waals surface area contributed by atoms with E-state index in [1.165, 1.54) is 218 Å². The van der Waals surface area contributed by atoms with Crippen LogP contribution in [0.3, 0.4) is 0 Å². The summed E-state index contributed by atoms with van der Waals surface area (Å²) in [5, 5.41) is 10.6. The van der Waals surface area contributed by atoms with Crippen molar-refractivity contribution in [2.75, 3.05) is 39.6 Å². The van der Waals surface area contributed by atoms with Crippen molar-refractivity contribution in [3.8, 4) is 0 Å². The fraction of sp³-hybridized carbons (Fsp3) is 0.949. The first-order chi connectivity index (χ1) is 47.3. The summed E-state index contributed by atoms with van der Waals surface area (Å²) < 4.78 is 68.7. The number of phosphoric ester groups is 2. The molecule has 0 spiro atoms. The lowest BCUT2D eigenvalue weighted by Crippen LogP contribution is -2.30. The average molecular weight is 1440 g/mol. The number of carbonyl (C=O) groups is 4. The van der Waals surface area contributed by atoms with Gasteiger partial charge in [-0.3, -0.25) is 37.3 Å². The lowest BCUT2D eigenvalue weighted by molar-refractivity contribution is -0.161. The first-order valence-corrected chi connectivity index (χ1v) is 43.9. The molecule has 582 valence electrons. The average Bonchev–Trinajstić information content (AvgIpc) is 1.06. The largest absolute Gasteiger partial charge is 0.472 e. The van der Waals surface area contributed by atoms with Crippen LogP contribution in [0.4, 0.5) is 0 Å². The van der Waals surface area contributed by atoms with Crippen LogP contribution in [0.25, 0.3) is 0 Å². The van der Waals surface area contributed by atoms with Gasteiger partial charge in [-0.1, -0.05) is 357 Å². The second kappa shape index (κ2) is 69.4. The molecule has 0 bridgehead atoms. The van der Waals surface area contributed by atoms with Crippen LogP contribution in [0.2, 0.25) is 0 Å². The first-order valence-electron chi connectivity index (χ1n) is 40.9. The van der Waals surface area contributed by atoms with Gasteiger partial charge in [0.2, 0.25) is 0 Å². The van der Waals surface area contributed by atoms with Crippen molar-refractivity contribution in [2.45, 2.75) is 426 Å². The van der Waals surface area contributed by atoms with Crippen molar-refractivity contribution >= 4 is 39.5 Å². The number of hydrogen-bond acceptors (Lipinski definition) is 15. The van der Waals surface area contributed by atoms with Gasteiger partial charge in [0.1, 0.15) is 19.3 Å². The van der Waals surface area contributed by atoms with E-state index in [1.807, 2.05) is 0 Å². The number of aliphatic hydroxyl groups is 1. The van der Waals surface area contributed by atoms with Gasteiger partial charge < -0.3 is 33.8 Å². The van der Waals surface area contributed by atoms with Crippen LogP contribution >= 0.6 is 15.6 Å². The van der Waals surface area contributed by atoms with E-state index in [2.05, 4.69) is 48.5 Å². The van der Waals surface area contributed by atoms with E-state index in [1.54, 1.807) is 0 Å². The van der Waals surface area contributed by atoms with Crippen molar-refractivity contribution in [3.63, 3.8) is 0 Å². The Hall–Kier alpha value is -1.94. The molecule has 0 fully saturated rings. The zero-order valence-corrected chi connectivity index (χ0v) is 66.0. The molecule has 0 aliphatic heterocycles. The molecule has 19 heteroatoms. The minimum Gasteiger partial charge on any atom is -0.462 e. The topological polar surface area (TPSA) is 237 Å². The maximum absolute atomic E-state index is 13.1. The smallest absolute Gasteiger partial charge is 0.462 e. The Labute approximate surface area is 600 Å². The molecule has 0 amide bonds. The summed E-state index contributed by atoms with van der Waals surface area (Å²) in [5.74, 6) is 0.254. The molecule has 0 heterocycles. The van der Waals surface area contributed by atoms with Gasteiger partial charge >= 0.3 is 39.5 Å². The lowest BCUT2D eigenvalue weighted by Gasteiger charge is -2.21. The fourth-order valence-corrected chi connectivity index (χ4v) is 13.6. The minimum atomic E-state index is -4.96. The number of rotatable bonds is 77. The van der Waals surface area contributed by atoms with Gasteiger partial charge in [-0.15, -0.1) is 0 Å². The van der Waals surface area contributed by atoms with Gasteiger partial charge in [0, 0.05) is 25.7 Å². The highest BCUT2D eigenvalue weighted by Crippen LogP contribution is 2.45. The van der Waals surface area contributed by atoms with Gasteiger partial charge in [-0.2, -0.15) is 0 Å². The molecule has 0 aliphatic carbocycles. The predicted molar refractivity (Wildman–Crippen MR) is 400 cm³/mol. The van der Waals surface area contributed by atoms with Gasteiger partial charge in [-0.25, -0.2) is 9.13 Å². The molecule has 0 radical (unpaired) electrons. The number of carbonyl (C=O) groups excluding carboxylic acids is 4. The number of phosphoric acid groups is 2. The molecule has 0 aromatic heterocycles. The van der Waals surface area contributed by atoms with Gasteiger partial charge in [0.15, 0.2) is 12.2 Å². The molecule has 0 saturated carbocycles. The monoisotopic (exact) mass is 1440 g/mol. The number of hydrogen-bond donors (Lipinski definition) is 3. The van der Waals surface area contributed by atoms with E-state index in [9.17, 15) is 43.2 Å². The van der Waals surface area contributed by atoms with Gasteiger partial charge in [0.05, 0.1) is 26.4 Å². The van der Waals surface area contributed by atoms with Crippen LogP contribution in [0.15, 0.2) is 0 Å². The SMILES string of the molecule is CCCCCCCCCCCCCCCCCCC(=O)OC[C@H](COP(=O)(O)OC[C@@H](O)COP(=O)(O)OC[C@@H](COC(=O)CCCCCCCCCCC(C)CC)OC(=O)CCCCCCCCCCCCC(C)CC)OC(=O)CCCCCCCCCCCCCCCC(C)C. The Morgan fingerprint density at radius 3 is 0.776 bits per heavy atom. The molecule has 7 atom stereocenters. The molecule has 0 rings (SSSR count). The predicted octanol–water partition coefficient (Wildman–Crippen LogP) is 23.4. The summed E-state index contributed by atoms with van der Waals surface area (Å²) >= 11 is 0. The van der Waals surface area contributed by atoms with E-state index in [0.29, 0.717) is 25.7 Å².